The zero-order chi connectivity index (χ0) is 16.9. The highest BCUT2D eigenvalue weighted by atomic mass is 16.6. The van der Waals surface area contributed by atoms with Crippen LogP contribution in [0.1, 0.15) is 12.0 Å². The van der Waals surface area contributed by atoms with Gasteiger partial charge in [-0.05, 0) is 11.6 Å². The van der Waals surface area contributed by atoms with E-state index in [4.69, 9.17) is 9.84 Å². The van der Waals surface area contributed by atoms with Crippen molar-refractivity contribution in [3.63, 3.8) is 0 Å². The van der Waals surface area contributed by atoms with Crippen molar-refractivity contribution in [2.45, 2.75) is 13.0 Å². The Hall–Kier alpha value is -2.93. The number of non-ortho nitro benzene ring substituents is 1. The van der Waals surface area contributed by atoms with E-state index in [0.717, 1.165) is 5.56 Å². The van der Waals surface area contributed by atoms with Gasteiger partial charge in [0.1, 0.15) is 0 Å². The van der Waals surface area contributed by atoms with Crippen molar-refractivity contribution in [3.8, 4) is 5.88 Å². The third kappa shape index (κ3) is 3.36. The second-order valence-electron chi connectivity index (χ2n) is 5.33. The molecule has 0 radical (unpaired) electrons. The van der Waals surface area contributed by atoms with Crippen LogP contribution in [0.4, 0.5) is 5.69 Å². The smallest absolute Gasteiger partial charge is 0.270 e. The molecule has 0 aliphatic rings. The summed E-state index contributed by atoms with van der Waals surface area (Å²) in [6.45, 7) is 0.831. The molecular formula is C17H17N3O4. The molecule has 7 heteroatoms. The van der Waals surface area contributed by atoms with E-state index in [0.29, 0.717) is 36.4 Å². The van der Waals surface area contributed by atoms with Crippen LogP contribution in [0.2, 0.25) is 0 Å². The first-order valence-corrected chi connectivity index (χ1v) is 7.61. The molecule has 0 fully saturated rings. The summed E-state index contributed by atoms with van der Waals surface area (Å²) in [4.78, 5) is 10.6. The summed E-state index contributed by atoms with van der Waals surface area (Å²) >= 11 is 0. The molecule has 0 spiro atoms. The quantitative estimate of drug-likeness (QED) is 0.409. The van der Waals surface area contributed by atoms with Gasteiger partial charge in [-0.1, -0.05) is 30.3 Å². The van der Waals surface area contributed by atoms with Crippen LogP contribution in [0.15, 0.2) is 48.5 Å². The third-order valence-electron chi connectivity index (χ3n) is 3.60. The van der Waals surface area contributed by atoms with Crippen molar-refractivity contribution >= 4 is 16.6 Å². The minimum absolute atomic E-state index is 0.00577. The Balaban J connectivity index is 2.02. The summed E-state index contributed by atoms with van der Waals surface area (Å²) in [7, 11) is 0. The van der Waals surface area contributed by atoms with E-state index >= 15 is 0 Å². The van der Waals surface area contributed by atoms with Gasteiger partial charge in [-0.25, -0.2) is 4.68 Å². The van der Waals surface area contributed by atoms with Crippen molar-refractivity contribution in [2.24, 2.45) is 0 Å². The maximum Gasteiger partial charge on any atom is 0.270 e. The van der Waals surface area contributed by atoms with Crippen LogP contribution in [0.25, 0.3) is 10.9 Å². The van der Waals surface area contributed by atoms with Gasteiger partial charge in [0.05, 0.1) is 29.0 Å². The summed E-state index contributed by atoms with van der Waals surface area (Å²) in [5.74, 6) is 0.478. The van der Waals surface area contributed by atoms with Crippen LogP contribution in [-0.2, 0) is 6.54 Å². The number of aromatic nitrogens is 2. The van der Waals surface area contributed by atoms with Gasteiger partial charge < -0.3 is 9.84 Å². The molecule has 0 unspecified atom stereocenters. The number of nitrogens with zero attached hydrogens (tertiary/aromatic N) is 3. The van der Waals surface area contributed by atoms with Crippen molar-refractivity contribution in [1.29, 1.82) is 0 Å². The number of aliphatic hydroxyl groups excluding tert-OH is 1. The first-order chi connectivity index (χ1) is 11.7. The predicted molar refractivity (Wildman–Crippen MR) is 89.1 cm³/mol. The number of nitro groups is 1. The van der Waals surface area contributed by atoms with Crippen LogP contribution in [0.5, 0.6) is 5.88 Å². The van der Waals surface area contributed by atoms with Crippen LogP contribution in [0.3, 0.4) is 0 Å². The normalized spacial score (nSPS) is 10.9. The van der Waals surface area contributed by atoms with E-state index in [-0.39, 0.29) is 12.3 Å². The van der Waals surface area contributed by atoms with Gasteiger partial charge in [0.25, 0.3) is 5.69 Å². The van der Waals surface area contributed by atoms with E-state index in [1.807, 2.05) is 30.3 Å². The first kappa shape index (κ1) is 15.9. The maximum absolute atomic E-state index is 11.0. The minimum atomic E-state index is -0.439. The predicted octanol–water partition coefficient (Wildman–Crippen LogP) is 2.75. The Morgan fingerprint density at radius 2 is 2.00 bits per heavy atom. The number of aliphatic hydroxyl groups is 1. The molecule has 24 heavy (non-hydrogen) atoms. The Kier molecular flexibility index (Phi) is 4.72. The van der Waals surface area contributed by atoms with Crippen molar-refractivity contribution in [3.05, 3.63) is 64.2 Å². The van der Waals surface area contributed by atoms with Crippen LogP contribution in [0, 0.1) is 10.1 Å². The van der Waals surface area contributed by atoms with Gasteiger partial charge >= 0.3 is 0 Å². The van der Waals surface area contributed by atoms with E-state index < -0.39 is 4.92 Å². The highest BCUT2D eigenvalue weighted by molar-refractivity contribution is 5.86. The maximum atomic E-state index is 11.0. The van der Waals surface area contributed by atoms with E-state index in [1.54, 1.807) is 10.7 Å². The summed E-state index contributed by atoms with van der Waals surface area (Å²) in [5, 5.41) is 25.0. The molecule has 1 N–H and O–H groups in total. The fourth-order valence-corrected chi connectivity index (χ4v) is 2.46. The number of fused-ring (bicyclic) bond motifs is 1. The fraction of sp³-hybridized carbons (Fsp3) is 0.235. The van der Waals surface area contributed by atoms with Crippen LogP contribution < -0.4 is 4.74 Å². The van der Waals surface area contributed by atoms with Gasteiger partial charge in [0, 0.05) is 25.2 Å². The van der Waals surface area contributed by atoms with Crippen LogP contribution >= 0.6 is 0 Å². The molecule has 2 aromatic carbocycles. The molecule has 0 aliphatic carbocycles. The average Bonchev–Trinajstić information content (AvgIpc) is 2.92. The summed E-state index contributed by atoms with van der Waals surface area (Å²) in [6.07, 6.45) is 0.479. The highest BCUT2D eigenvalue weighted by Crippen LogP contribution is 2.30. The molecule has 3 rings (SSSR count). The third-order valence-corrected chi connectivity index (χ3v) is 3.60. The topological polar surface area (TPSA) is 90.4 Å². The van der Waals surface area contributed by atoms with E-state index in [1.165, 1.54) is 12.1 Å². The largest absolute Gasteiger partial charge is 0.477 e. The molecule has 0 atom stereocenters. The van der Waals surface area contributed by atoms with Gasteiger partial charge in [0.2, 0.25) is 5.88 Å². The molecule has 124 valence electrons. The molecule has 0 bridgehead atoms. The average molecular weight is 327 g/mol. The molecule has 3 aromatic rings. The number of rotatable bonds is 7. The van der Waals surface area contributed by atoms with Gasteiger partial charge in [-0.3, -0.25) is 10.1 Å². The SMILES string of the molecule is O=[N+]([O-])c1ccc2nn(Cc3ccccc3)c(OCCCO)c2c1. The number of ether oxygens (including phenoxy) is 1. The zero-order valence-electron chi connectivity index (χ0n) is 13.0. The van der Waals surface area contributed by atoms with E-state index in [2.05, 4.69) is 5.10 Å². The molecule has 0 aliphatic heterocycles. The summed E-state index contributed by atoms with van der Waals surface area (Å²) in [6, 6.07) is 14.3. The molecule has 1 heterocycles. The second kappa shape index (κ2) is 7.10. The molecule has 1 aromatic heterocycles. The van der Waals surface area contributed by atoms with E-state index in [9.17, 15) is 10.1 Å². The molecule has 0 saturated heterocycles. The monoisotopic (exact) mass is 327 g/mol. The fourth-order valence-electron chi connectivity index (χ4n) is 2.46. The Morgan fingerprint density at radius 1 is 1.21 bits per heavy atom. The molecule has 7 nitrogen and oxygen atoms in total. The molecule has 0 saturated carbocycles. The first-order valence-electron chi connectivity index (χ1n) is 7.61. The Bertz CT molecular complexity index is 846. The molecule has 0 amide bonds. The van der Waals surface area contributed by atoms with Crippen molar-refractivity contribution < 1.29 is 14.8 Å². The Morgan fingerprint density at radius 3 is 2.71 bits per heavy atom. The lowest BCUT2D eigenvalue weighted by atomic mass is 10.2. The molecular weight excluding hydrogens is 310 g/mol. The summed E-state index contributed by atoms with van der Waals surface area (Å²) < 4.78 is 7.45. The van der Waals surface area contributed by atoms with Crippen molar-refractivity contribution in [2.75, 3.05) is 13.2 Å². The number of nitro benzene ring substituents is 1. The Labute approximate surface area is 138 Å². The number of hydrogen-bond acceptors (Lipinski definition) is 5. The lowest BCUT2D eigenvalue weighted by Crippen LogP contribution is -2.08. The highest BCUT2D eigenvalue weighted by Gasteiger charge is 2.17. The summed E-state index contributed by atoms with van der Waals surface area (Å²) in [5.41, 5.74) is 1.68. The standard InChI is InChI=1S/C17H17N3O4/c21-9-4-10-24-17-15-11-14(20(22)23)7-8-16(15)18-19(17)12-13-5-2-1-3-6-13/h1-3,5-8,11,21H,4,9-10,12H2. The lowest BCUT2D eigenvalue weighted by molar-refractivity contribution is -0.384. The lowest BCUT2D eigenvalue weighted by Gasteiger charge is -2.09. The van der Waals surface area contributed by atoms with Gasteiger partial charge in [-0.2, -0.15) is 5.10 Å². The van der Waals surface area contributed by atoms with Crippen molar-refractivity contribution in [1.82, 2.24) is 9.78 Å². The van der Waals surface area contributed by atoms with Gasteiger partial charge in [0.15, 0.2) is 0 Å². The number of benzene rings is 2. The van der Waals surface area contributed by atoms with Gasteiger partial charge in [-0.15, -0.1) is 0 Å². The minimum Gasteiger partial charge on any atom is -0.477 e. The number of hydrogen-bond donors (Lipinski definition) is 1. The van der Waals surface area contributed by atoms with Crippen LogP contribution in [-0.4, -0.2) is 33.0 Å². The zero-order valence-corrected chi connectivity index (χ0v) is 13.0. The second-order valence-corrected chi connectivity index (χ2v) is 5.33.